The molecule has 1 amide bonds. The quantitative estimate of drug-likeness (QED) is 0.749. The number of rotatable bonds is 3. The molecule has 0 atom stereocenters. The van der Waals surface area contributed by atoms with Gasteiger partial charge >= 0.3 is 11.6 Å². The molecule has 0 aliphatic carbocycles. The Bertz CT molecular complexity index is 990. The van der Waals surface area contributed by atoms with Crippen molar-refractivity contribution in [2.45, 2.75) is 0 Å². The second-order valence-electron chi connectivity index (χ2n) is 4.97. The molecular formula is C18H13NO5. The maximum atomic E-state index is 12.6. The summed E-state index contributed by atoms with van der Waals surface area (Å²) in [6, 6.07) is 13.1. The Labute approximate surface area is 136 Å². The molecule has 0 radical (unpaired) electrons. The van der Waals surface area contributed by atoms with E-state index in [9.17, 15) is 14.4 Å². The van der Waals surface area contributed by atoms with Gasteiger partial charge in [-0.3, -0.25) is 4.79 Å². The number of esters is 1. The van der Waals surface area contributed by atoms with Crippen LogP contribution in [0.4, 0.5) is 5.69 Å². The van der Waals surface area contributed by atoms with Crippen molar-refractivity contribution in [1.29, 1.82) is 0 Å². The van der Waals surface area contributed by atoms with Gasteiger partial charge in [-0.1, -0.05) is 30.3 Å². The number of hydrogen-bond acceptors (Lipinski definition) is 5. The van der Waals surface area contributed by atoms with Gasteiger partial charge in [-0.2, -0.15) is 0 Å². The molecule has 1 heterocycles. The third kappa shape index (κ3) is 2.77. The zero-order valence-corrected chi connectivity index (χ0v) is 12.7. The molecule has 120 valence electrons. The summed E-state index contributed by atoms with van der Waals surface area (Å²) in [4.78, 5) is 36.1. The first-order valence-corrected chi connectivity index (χ1v) is 7.11. The molecule has 2 aromatic carbocycles. The first kappa shape index (κ1) is 15.5. The summed E-state index contributed by atoms with van der Waals surface area (Å²) in [5.41, 5.74) is 0.224. The highest BCUT2D eigenvalue weighted by molar-refractivity contribution is 6.14. The van der Waals surface area contributed by atoms with Crippen LogP contribution in [0.15, 0.2) is 64.0 Å². The molecule has 0 saturated heterocycles. The third-order valence-electron chi connectivity index (χ3n) is 3.55. The van der Waals surface area contributed by atoms with Crippen molar-refractivity contribution in [2.75, 3.05) is 12.4 Å². The minimum Gasteiger partial charge on any atom is -0.465 e. The first-order valence-electron chi connectivity index (χ1n) is 7.11. The molecule has 3 rings (SSSR count). The molecule has 3 aromatic rings. The number of nitrogens with one attached hydrogen (secondary N) is 1. The topological polar surface area (TPSA) is 85.6 Å². The predicted octanol–water partition coefficient (Wildman–Crippen LogP) is 2.83. The van der Waals surface area contributed by atoms with E-state index in [4.69, 9.17) is 9.15 Å². The van der Waals surface area contributed by atoms with Gasteiger partial charge in [0, 0.05) is 5.39 Å². The van der Waals surface area contributed by atoms with Crippen molar-refractivity contribution in [3.05, 3.63) is 76.3 Å². The number of para-hydroxylation sites is 1. The monoisotopic (exact) mass is 323 g/mol. The van der Waals surface area contributed by atoms with Crippen LogP contribution in [0.2, 0.25) is 0 Å². The zero-order chi connectivity index (χ0) is 17.1. The molecule has 6 heteroatoms. The number of hydrogen-bond donors (Lipinski definition) is 1. The number of carbonyl (C=O) groups excluding carboxylic acids is 2. The maximum Gasteiger partial charge on any atom is 0.343 e. The van der Waals surface area contributed by atoms with Gasteiger partial charge in [-0.15, -0.1) is 0 Å². The fourth-order valence-electron chi connectivity index (χ4n) is 2.38. The first-order chi connectivity index (χ1) is 11.6. The zero-order valence-electron chi connectivity index (χ0n) is 12.7. The van der Waals surface area contributed by atoms with Crippen molar-refractivity contribution in [2.24, 2.45) is 0 Å². The van der Waals surface area contributed by atoms with Gasteiger partial charge < -0.3 is 14.5 Å². The van der Waals surface area contributed by atoms with Gasteiger partial charge in [0.1, 0.15) is 6.26 Å². The summed E-state index contributed by atoms with van der Waals surface area (Å²) >= 11 is 0. The van der Waals surface area contributed by atoms with Gasteiger partial charge in [0.05, 0.1) is 29.3 Å². The molecule has 0 spiro atoms. The van der Waals surface area contributed by atoms with Crippen LogP contribution in [-0.2, 0) is 4.74 Å². The Morgan fingerprint density at radius 3 is 2.38 bits per heavy atom. The van der Waals surface area contributed by atoms with Crippen LogP contribution in [0.25, 0.3) is 10.8 Å². The van der Waals surface area contributed by atoms with E-state index < -0.39 is 17.5 Å². The van der Waals surface area contributed by atoms with Gasteiger partial charge in [0.2, 0.25) is 0 Å². The lowest BCUT2D eigenvalue weighted by atomic mass is 10.1. The lowest BCUT2D eigenvalue weighted by molar-refractivity contribution is 0.0602. The van der Waals surface area contributed by atoms with E-state index in [1.165, 1.54) is 7.11 Å². The second kappa shape index (κ2) is 6.37. The molecule has 6 nitrogen and oxygen atoms in total. The highest BCUT2D eigenvalue weighted by atomic mass is 16.5. The van der Waals surface area contributed by atoms with Crippen LogP contribution in [0.5, 0.6) is 0 Å². The van der Waals surface area contributed by atoms with Crippen molar-refractivity contribution >= 4 is 28.3 Å². The highest BCUT2D eigenvalue weighted by Gasteiger charge is 2.17. The number of anilines is 1. The van der Waals surface area contributed by atoms with E-state index in [2.05, 4.69) is 5.32 Å². The summed E-state index contributed by atoms with van der Waals surface area (Å²) in [5.74, 6) is -1.05. The van der Waals surface area contributed by atoms with Crippen LogP contribution in [0.3, 0.4) is 0 Å². The van der Waals surface area contributed by atoms with Gasteiger partial charge in [-0.25, -0.2) is 9.59 Å². The molecule has 0 aliphatic rings. The summed E-state index contributed by atoms with van der Waals surface area (Å²) in [6.07, 6.45) is 1.11. The Morgan fingerprint density at radius 1 is 0.958 bits per heavy atom. The molecular weight excluding hydrogens is 310 g/mol. The van der Waals surface area contributed by atoms with E-state index in [-0.39, 0.29) is 11.1 Å². The van der Waals surface area contributed by atoms with E-state index in [1.54, 1.807) is 48.5 Å². The van der Waals surface area contributed by atoms with E-state index >= 15 is 0 Å². The highest BCUT2D eigenvalue weighted by Crippen LogP contribution is 2.20. The minimum absolute atomic E-state index is 0.199. The summed E-state index contributed by atoms with van der Waals surface area (Å²) < 4.78 is 9.62. The Morgan fingerprint density at radius 2 is 1.62 bits per heavy atom. The van der Waals surface area contributed by atoms with E-state index in [0.29, 0.717) is 16.5 Å². The fraction of sp³-hybridized carbons (Fsp3) is 0.0556. The molecule has 0 saturated carbocycles. The number of fused-ring (bicyclic) bond motifs is 1. The van der Waals surface area contributed by atoms with Gasteiger partial charge in [0.25, 0.3) is 5.91 Å². The standard InChI is InChI=1S/C18H13NO5/c1-23-17(21)13-8-4-5-9-15(13)19-16(20)14-10-24-18(22)12-7-3-2-6-11(12)14/h2-10H,1H3,(H,19,20). The van der Waals surface area contributed by atoms with Gasteiger partial charge in [0.15, 0.2) is 0 Å². The Hall–Kier alpha value is -3.41. The SMILES string of the molecule is COC(=O)c1ccccc1NC(=O)c1coc(=O)c2ccccc12. The van der Waals surface area contributed by atoms with Crippen LogP contribution in [0.1, 0.15) is 20.7 Å². The predicted molar refractivity (Wildman–Crippen MR) is 88.2 cm³/mol. The number of amides is 1. The van der Waals surface area contributed by atoms with Crippen LogP contribution >= 0.6 is 0 Å². The lowest BCUT2D eigenvalue weighted by Crippen LogP contribution is -2.17. The Balaban J connectivity index is 2.02. The van der Waals surface area contributed by atoms with E-state index in [1.807, 2.05) is 0 Å². The average molecular weight is 323 g/mol. The maximum absolute atomic E-state index is 12.6. The third-order valence-corrected chi connectivity index (χ3v) is 3.55. The minimum atomic E-state index is -0.560. The summed E-state index contributed by atoms with van der Waals surface area (Å²) in [7, 11) is 1.26. The largest absolute Gasteiger partial charge is 0.465 e. The molecule has 0 unspecified atom stereocenters. The smallest absolute Gasteiger partial charge is 0.343 e. The van der Waals surface area contributed by atoms with E-state index in [0.717, 1.165) is 6.26 Å². The fourth-order valence-corrected chi connectivity index (χ4v) is 2.38. The summed E-state index contributed by atoms with van der Waals surface area (Å²) in [6.45, 7) is 0. The van der Waals surface area contributed by atoms with Crippen molar-refractivity contribution in [3.8, 4) is 0 Å². The summed E-state index contributed by atoms with van der Waals surface area (Å²) in [5, 5.41) is 3.44. The van der Waals surface area contributed by atoms with Crippen LogP contribution < -0.4 is 10.9 Å². The molecule has 1 aromatic heterocycles. The number of ether oxygens (including phenoxy) is 1. The molecule has 0 fully saturated rings. The lowest BCUT2D eigenvalue weighted by Gasteiger charge is -2.10. The van der Waals surface area contributed by atoms with Crippen molar-refractivity contribution < 1.29 is 18.7 Å². The van der Waals surface area contributed by atoms with Crippen LogP contribution in [-0.4, -0.2) is 19.0 Å². The number of benzene rings is 2. The number of carbonyl (C=O) groups is 2. The van der Waals surface area contributed by atoms with Crippen molar-refractivity contribution in [1.82, 2.24) is 0 Å². The normalized spacial score (nSPS) is 10.4. The average Bonchev–Trinajstić information content (AvgIpc) is 2.62. The molecule has 0 bridgehead atoms. The molecule has 0 aliphatic heterocycles. The molecule has 24 heavy (non-hydrogen) atoms. The Kier molecular flexibility index (Phi) is 4.11. The molecule has 1 N–H and O–H groups in total. The van der Waals surface area contributed by atoms with Crippen LogP contribution in [0, 0.1) is 0 Å². The second-order valence-corrected chi connectivity index (χ2v) is 4.97. The van der Waals surface area contributed by atoms with Gasteiger partial charge in [-0.05, 0) is 18.2 Å². The number of methoxy groups -OCH3 is 1. The van der Waals surface area contributed by atoms with Crippen molar-refractivity contribution in [3.63, 3.8) is 0 Å².